The molecule has 0 amide bonds. The second kappa shape index (κ2) is 3.52. The van der Waals surface area contributed by atoms with E-state index in [2.05, 4.69) is 12.1 Å². The van der Waals surface area contributed by atoms with Crippen LogP contribution in [0.5, 0.6) is 0 Å². The van der Waals surface area contributed by atoms with Gasteiger partial charge < -0.3 is 0 Å². The smallest absolute Gasteiger partial charge is 0.169 e. The van der Waals surface area contributed by atoms with Crippen LogP contribution >= 0.6 is 0 Å². The SMILES string of the molecule is Cc1ccc2c(c1)C(=O)C1(CCC(=O)CC1)C2. The van der Waals surface area contributed by atoms with Crippen molar-refractivity contribution in [3.05, 3.63) is 34.9 Å². The summed E-state index contributed by atoms with van der Waals surface area (Å²) >= 11 is 0. The van der Waals surface area contributed by atoms with Crippen LogP contribution in [-0.4, -0.2) is 11.6 Å². The van der Waals surface area contributed by atoms with Crippen molar-refractivity contribution in [1.82, 2.24) is 0 Å². The number of rotatable bonds is 0. The minimum absolute atomic E-state index is 0.246. The number of Topliss-reactive ketones (excluding diaryl/α,β-unsaturated/α-hetero) is 2. The second-order valence-electron chi connectivity index (χ2n) is 5.49. The molecule has 0 atom stereocenters. The van der Waals surface area contributed by atoms with Gasteiger partial charge in [0.25, 0.3) is 0 Å². The molecule has 1 spiro atoms. The van der Waals surface area contributed by atoms with Crippen molar-refractivity contribution in [3.63, 3.8) is 0 Å². The van der Waals surface area contributed by atoms with Crippen LogP contribution in [0.1, 0.15) is 47.2 Å². The van der Waals surface area contributed by atoms with E-state index in [9.17, 15) is 9.59 Å². The summed E-state index contributed by atoms with van der Waals surface area (Å²) in [6.07, 6.45) is 3.50. The maximum Gasteiger partial charge on any atom is 0.169 e. The van der Waals surface area contributed by atoms with Gasteiger partial charge in [-0.15, -0.1) is 0 Å². The van der Waals surface area contributed by atoms with Crippen LogP contribution in [0.15, 0.2) is 18.2 Å². The summed E-state index contributed by atoms with van der Waals surface area (Å²) in [7, 11) is 0. The zero-order chi connectivity index (χ0) is 12.0. The zero-order valence-corrected chi connectivity index (χ0v) is 10.1. The first-order valence-electron chi connectivity index (χ1n) is 6.27. The number of aryl methyl sites for hydroxylation is 1. The Morgan fingerprint density at radius 2 is 1.82 bits per heavy atom. The van der Waals surface area contributed by atoms with Crippen molar-refractivity contribution in [2.45, 2.75) is 39.0 Å². The fourth-order valence-corrected chi connectivity index (χ4v) is 3.20. The Labute approximate surface area is 101 Å². The molecule has 1 aromatic rings. The number of hydrogen-bond donors (Lipinski definition) is 0. The van der Waals surface area contributed by atoms with Crippen LogP contribution in [0, 0.1) is 12.3 Å². The van der Waals surface area contributed by atoms with Crippen molar-refractivity contribution in [2.75, 3.05) is 0 Å². The molecule has 0 radical (unpaired) electrons. The molecular formula is C15H16O2. The molecule has 0 bridgehead atoms. The quantitative estimate of drug-likeness (QED) is 0.684. The number of hydrogen-bond acceptors (Lipinski definition) is 2. The van der Waals surface area contributed by atoms with E-state index in [-0.39, 0.29) is 11.2 Å². The third-order valence-electron chi connectivity index (χ3n) is 4.29. The summed E-state index contributed by atoms with van der Waals surface area (Å²) in [6, 6.07) is 6.15. The Morgan fingerprint density at radius 1 is 1.12 bits per heavy atom. The molecule has 0 unspecified atom stereocenters. The van der Waals surface area contributed by atoms with Gasteiger partial charge in [-0.1, -0.05) is 17.7 Å². The first-order chi connectivity index (χ1) is 8.11. The number of ketones is 2. The highest BCUT2D eigenvalue weighted by molar-refractivity contribution is 6.06. The lowest BCUT2D eigenvalue weighted by Crippen LogP contribution is -2.33. The molecule has 1 saturated carbocycles. The zero-order valence-electron chi connectivity index (χ0n) is 10.1. The lowest BCUT2D eigenvalue weighted by atomic mass is 9.71. The molecule has 0 saturated heterocycles. The predicted octanol–water partition coefficient (Wildman–Crippen LogP) is 2.86. The Hall–Kier alpha value is -1.44. The molecular weight excluding hydrogens is 212 g/mol. The highest BCUT2D eigenvalue weighted by Gasteiger charge is 2.46. The predicted molar refractivity (Wildman–Crippen MR) is 65.1 cm³/mol. The van der Waals surface area contributed by atoms with Crippen molar-refractivity contribution >= 4 is 11.6 Å². The average Bonchev–Trinajstić information content (AvgIpc) is 2.58. The molecule has 1 fully saturated rings. The molecule has 2 nitrogen and oxygen atoms in total. The Bertz CT molecular complexity index is 504. The summed E-state index contributed by atoms with van der Waals surface area (Å²) < 4.78 is 0. The highest BCUT2D eigenvalue weighted by atomic mass is 16.1. The topological polar surface area (TPSA) is 34.1 Å². The Morgan fingerprint density at radius 3 is 2.53 bits per heavy atom. The summed E-state index contributed by atoms with van der Waals surface area (Å²) in [5.41, 5.74) is 2.97. The van der Waals surface area contributed by atoms with E-state index in [0.717, 1.165) is 30.4 Å². The molecule has 0 N–H and O–H groups in total. The summed E-state index contributed by atoms with van der Waals surface area (Å²) in [5, 5.41) is 0. The first kappa shape index (κ1) is 10.7. The third-order valence-corrected chi connectivity index (χ3v) is 4.29. The van der Waals surface area contributed by atoms with Gasteiger partial charge in [-0.2, -0.15) is 0 Å². The van der Waals surface area contributed by atoms with E-state index in [1.807, 2.05) is 13.0 Å². The molecule has 2 heteroatoms. The van der Waals surface area contributed by atoms with Crippen LogP contribution in [0.2, 0.25) is 0 Å². The van der Waals surface area contributed by atoms with Gasteiger partial charge in [0.2, 0.25) is 0 Å². The van der Waals surface area contributed by atoms with Gasteiger partial charge in [0.1, 0.15) is 5.78 Å². The minimum Gasteiger partial charge on any atom is -0.300 e. The first-order valence-corrected chi connectivity index (χ1v) is 6.27. The molecule has 0 aromatic heterocycles. The van der Waals surface area contributed by atoms with Crippen molar-refractivity contribution in [1.29, 1.82) is 0 Å². The van der Waals surface area contributed by atoms with Crippen LogP contribution in [0.25, 0.3) is 0 Å². The van der Waals surface area contributed by atoms with Crippen molar-refractivity contribution < 1.29 is 9.59 Å². The van der Waals surface area contributed by atoms with Gasteiger partial charge in [0, 0.05) is 23.8 Å². The maximum atomic E-state index is 12.5. The third kappa shape index (κ3) is 1.54. The van der Waals surface area contributed by atoms with Gasteiger partial charge in [-0.05, 0) is 37.8 Å². The summed E-state index contributed by atoms with van der Waals surface area (Å²) in [4.78, 5) is 23.8. The summed E-state index contributed by atoms with van der Waals surface area (Å²) in [6.45, 7) is 2.02. The van der Waals surface area contributed by atoms with E-state index < -0.39 is 0 Å². The lowest BCUT2D eigenvalue weighted by Gasteiger charge is -2.30. The molecule has 88 valence electrons. The van der Waals surface area contributed by atoms with Crippen LogP contribution < -0.4 is 0 Å². The largest absolute Gasteiger partial charge is 0.300 e. The van der Waals surface area contributed by atoms with Gasteiger partial charge in [0.15, 0.2) is 5.78 Å². The molecule has 1 aromatic carbocycles. The Balaban J connectivity index is 1.98. The molecule has 0 heterocycles. The standard InChI is InChI=1S/C15H16O2/c1-10-2-3-11-9-15(14(17)13(11)8-10)6-4-12(16)5-7-15/h2-3,8H,4-7,9H2,1H3. The van der Waals surface area contributed by atoms with E-state index in [1.165, 1.54) is 5.56 Å². The molecule has 2 aliphatic carbocycles. The summed E-state index contributed by atoms with van der Waals surface area (Å²) in [5.74, 6) is 0.597. The van der Waals surface area contributed by atoms with Gasteiger partial charge in [0.05, 0.1) is 0 Å². The fraction of sp³-hybridized carbons (Fsp3) is 0.467. The van der Waals surface area contributed by atoms with E-state index in [1.54, 1.807) is 0 Å². The van der Waals surface area contributed by atoms with Crippen molar-refractivity contribution in [3.8, 4) is 0 Å². The van der Waals surface area contributed by atoms with Crippen LogP contribution in [0.3, 0.4) is 0 Å². The number of carbonyl (C=O) groups is 2. The van der Waals surface area contributed by atoms with E-state index >= 15 is 0 Å². The number of carbonyl (C=O) groups excluding carboxylic acids is 2. The van der Waals surface area contributed by atoms with Crippen LogP contribution in [0.4, 0.5) is 0 Å². The molecule has 17 heavy (non-hydrogen) atoms. The monoisotopic (exact) mass is 228 g/mol. The average molecular weight is 228 g/mol. The maximum absolute atomic E-state index is 12.5. The normalized spacial score (nSPS) is 21.9. The molecule has 2 aliphatic rings. The highest BCUT2D eigenvalue weighted by Crippen LogP contribution is 2.46. The Kier molecular flexibility index (Phi) is 2.22. The van der Waals surface area contributed by atoms with E-state index in [0.29, 0.717) is 18.6 Å². The molecule has 3 rings (SSSR count). The van der Waals surface area contributed by atoms with Gasteiger partial charge >= 0.3 is 0 Å². The minimum atomic E-state index is -0.246. The van der Waals surface area contributed by atoms with E-state index in [4.69, 9.17) is 0 Å². The van der Waals surface area contributed by atoms with Crippen LogP contribution in [-0.2, 0) is 11.2 Å². The molecule has 0 aliphatic heterocycles. The van der Waals surface area contributed by atoms with Gasteiger partial charge in [-0.25, -0.2) is 0 Å². The number of fused-ring (bicyclic) bond motifs is 1. The van der Waals surface area contributed by atoms with Crippen molar-refractivity contribution in [2.24, 2.45) is 5.41 Å². The second-order valence-corrected chi connectivity index (χ2v) is 5.49. The number of benzene rings is 1. The van der Waals surface area contributed by atoms with Gasteiger partial charge in [-0.3, -0.25) is 9.59 Å². The lowest BCUT2D eigenvalue weighted by molar-refractivity contribution is -0.121. The fourth-order valence-electron chi connectivity index (χ4n) is 3.20.